The highest BCUT2D eigenvalue weighted by molar-refractivity contribution is 6.04. The standard InChI is InChI=1S/C40H40O9/c1-20(2)6-7-23(21(3)4)16-30-39-35(31(45)19-33(48-39)29-13-12-26(42)18-32(29)47-5)37(46)36-34(24-14-27(43)17-28(44)15-24)38(49-40(30)36)22-8-10-25(41)11-9-22/h6,8-15,17-18,23,33-34,38,41-44,46H,3,7,16,19H2,1-2,4-5H3/t23?,33-,34-,38+/m0/s1. The van der Waals surface area contributed by atoms with Crippen LogP contribution in [0, 0.1) is 5.92 Å². The van der Waals surface area contributed by atoms with Gasteiger partial charge in [-0.1, -0.05) is 35.9 Å². The van der Waals surface area contributed by atoms with Gasteiger partial charge in [0.05, 0.1) is 19.4 Å². The lowest BCUT2D eigenvalue weighted by atomic mass is 9.80. The van der Waals surface area contributed by atoms with Crippen LogP contribution in [0.5, 0.6) is 46.0 Å². The average molecular weight is 665 g/mol. The van der Waals surface area contributed by atoms with Gasteiger partial charge < -0.3 is 39.7 Å². The molecule has 0 fully saturated rings. The smallest absolute Gasteiger partial charge is 0.174 e. The normalized spacial score (nSPS) is 18.4. The molecule has 2 heterocycles. The molecule has 4 aromatic carbocycles. The summed E-state index contributed by atoms with van der Waals surface area (Å²) in [6, 6.07) is 15.3. The maximum absolute atomic E-state index is 14.2. The summed E-state index contributed by atoms with van der Waals surface area (Å²) in [5.41, 5.74) is 4.65. The van der Waals surface area contributed by atoms with Gasteiger partial charge in [-0.05, 0) is 87.1 Å². The highest BCUT2D eigenvalue weighted by Gasteiger charge is 2.46. The van der Waals surface area contributed by atoms with Crippen molar-refractivity contribution in [1.82, 2.24) is 0 Å². The zero-order chi connectivity index (χ0) is 35.1. The largest absolute Gasteiger partial charge is 0.508 e. The topological polar surface area (TPSA) is 146 Å². The van der Waals surface area contributed by atoms with Crippen LogP contribution in [0.3, 0.4) is 0 Å². The molecule has 0 bridgehead atoms. The number of Topliss-reactive ketones (excluding diaryl/α,β-unsaturated/α-hetero) is 1. The highest BCUT2D eigenvalue weighted by Crippen LogP contribution is 2.60. The van der Waals surface area contributed by atoms with E-state index in [-0.39, 0.29) is 58.2 Å². The molecule has 0 radical (unpaired) electrons. The number of aromatic hydroxyl groups is 5. The molecule has 254 valence electrons. The Hall–Kier alpha value is -5.57. The van der Waals surface area contributed by atoms with Crippen molar-refractivity contribution in [3.8, 4) is 46.0 Å². The number of ether oxygens (including phenoxy) is 3. The third kappa shape index (κ3) is 6.36. The van der Waals surface area contributed by atoms with Gasteiger partial charge >= 0.3 is 0 Å². The molecule has 9 heteroatoms. The molecule has 0 saturated heterocycles. The Morgan fingerprint density at radius 2 is 1.55 bits per heavy atom. The first kappa shape index (κ1) is 33.3. The van der Waals surface area contributed by atoms with Crippen LogP contribution in [-0.2, 0) is 6.42 Å². The number of benzene rings is 4. The first-order valence-corrected chi connectivity index (χ1v) is 16.1. The zero-order valence-corrected chi connectivity index (χ0v) is 27.9. The maximum atomic E-state index is 14.2. The van der Waals surface area contributed by atoms with E-state index in [4.69, 9.17) is 14.2 Å². The fourth-order valence-electron chi connectivity index (χ4n) is 6.85. The summed E-state index contributed by atoms with van der Waals surface area (Å²) in [5, 5.41) is 53.3. The first-order chi connectivity index (χ1) is 23.4. The van der Waals surface area contributed by atoms with Crippen LogP contribution in [-0.4, -0.2) is 38.4 Å². The van der Waals surface area contributed by atoms with E-state index >= 15 is 0 Å². The van der Waals surface area contributed by atoms with Crippen LogP contribution in [0.4, 0.5) is 0 Å². The van der Waals surface area contributed by atoms with Gasteiger partial charge in [-0.15, -0.1) is 0 Å². The van der Waals surface area contributed by atoms with E-state index in [1.807, 2.05) is 20.8 Å². The molecule has 2 aliphatic heterocycles. The average Bonchev–Trinajstić information content (AvgIpc) is 3.44. The lowest BCUT2D eigenvalue weighted by Crippen LogP contribution is -2.23. The number of ketones is 1. The van der Waals surface area contributed by atoms with Gasteiger partial charge in [0.25, 0.3) is 0 Å². The minimum atomic E-state index is -0.791. The summed E-state index contributed by atoms with van der Waals surface area (Å²) >= 11 is 0. The molecule has 2 aliphatic rings. The molecule has 49 heavy (non-hydrogen) atoms. The molecule has 0 saturated carbocycles. The van der Waals surface area contributed by atoms with Gasteiger partial charge in [0.15, 0.2) is 5.78 Å². The molecule has 4 aromatic rings. The fraction of sp³-hybridized carbons (Fsp3) is 0.275. The van der Waals surface area contributed by atoms with E-state index in [1.165, 1.54) is 49.6 Å². The summed E-state index contributed by atoms with van der Waals surface area (Å²) in [5.74, 6) is -0.950. The molecular formula is C40H40O9. The second kappa shape index (κ2) is 13.1. The van der Waals surface area contributed by atoms with E-state index in [2.05, 4.69) is 12.7 Å². The van der Waals surface area contributed by atoms with Gasteiger partial charge in [-0.25, -0.2) is 0 Å². The van der Waals surface area contributed by atoms with E-state index in [1.54, 1.807) is 18.2 Å². The number of fused-ring (bicyclic) bond motifs is 2. The Labute approximate surface area is 285 Å². The van der Waals surface area contributed by atoms with Crippen molar-refractivity contribution in [2.45, 2.75) is 58.2 Å². The third-order valence-electron chi connectivity index (χ3n) is 9.31. The lowest BCUT2D eigenvalue weighted by Gasteiger charge is -2.31. The van der Waals surface area contributed by atoms with Crippen LogP contribution in [0.2, 0.25) is 0 Å². The van der Waals surface area contributed by atoms with Crippen molar-refractivity contribution in [3.63, 3.8) is 0 Å². The molecule has 6 rings (SSSR count). The van der Waals surface area contributed by atoms with Crippen molar-refractivity contribution in [2.24, 2.45) is 5.92 Å². The van der Waals surface area contributed by atoms with Gasteiger partial charge in [0.1, 0.15) is 63.8 Å². The van der Waals surface area contributed by atoms with Gasteiger partial charge in [-0.3, -0.25) is 4.79 Å². The Balaban J connectivity index is 1.61. The Bertz CT molecular complexity index is 1950. The van der Waals surface area contributed by atoms with Gasteiger partial charge in [-0.2, -0.15) is 0 Å². The van der Waals surface area contributed by atoms with Crippen molar-refractivity contribution in [3.05, 3.63) is 118 Å². The maximum Gasteiger partial charge on any atom is 0.174 e. The molecular weight excluding hydrogens is 624 g/mol. The number of hydrogen-bond acceptors (Lipinski definition) is 9. The fourth-order valence-corrected chi connectivity index (χ4v) is 6.85. The predicted molar refractivity (Wildman–Crippen MR) is 184 cm³/mol. The van der Waals surface area contributed by atoms with Crippen LogP contribution in [0.1, 0.15) is 89.9 Å². The number of methoxy groups -OCH3 is 1. The molecule has 0 aromatic heterocycles. The first-order valence-electron chi connectivity index (χ1n) is 16.1. The van der Waals surface area contributed by atoms with Crippen LogP contribution >= 0.6 is 0 Å². The quantitative estimate of drug-likeness (QED) is 0.112. The molecule has 0 spiro atoms. The Kier molecular flexibility index (Phi) is 8.94. The summed E-state index contributed by atoms with van der Waals surface area (Å²) in [6.45, 7) is 10.3. The molecule has 5 N–H and O–H groups in total. The molecule has 4 atom stereocenters. The number of carbonyl (C=O) groups excluding carboxylic acids is 1. The van der Waals surface area contributed by atoms with E-state index < -0.39 is 18.1 Å². The predicted octanol–water partition coefficient (Wildman–Crippen LogP) is 8.29. The van der Waals surface area contributed by atoms with Gasteiger partial charge in [0, 0.05) is 28.8 Å². The van der Waals surface area contributed by atoms with Crippen LogP contribution in [0.15, 0.2) is 84.5 Å². The Morgan fingerprint density at radius 3 is 2.18 bits per heavy atom. The number of phenolic OH excluding ortho intramolecular Hbond substituents is 5. The summed E-state index contributed by atoms with van der Waals surface area (Å²) in [4.78, 5) is 14.2. The molecule has 9 nitrogen and oxygen atoms in total. The molecule has 0 aliphatic carbocycles. The van der Waals surface area contributed by atoms with Crippen molar-refractivity contribution >= 4 is 5.78 Å². The summed E-state index contributed by atoms with van der Waals surface area (Å²) < 4.78 is 19.0. The van der Waals surface area contributed by atoms with Crippen LogP contribution < -0.4 is 14.2 Å². The molecule has 1 unspecified atom stereocenters. The Morgan fingerprint density at radius 1 is 0.878 bits per heavy atom. The number of carbonyl (C=O) groups is 1. The number of rotatable bonds is 9. The molecule has 0 amide bonds. The third-order valence-corrected chi connectivity index (χ3v) is 9.31. The van der Waals surface area contributed by atoms with E-state index in [0.29, 0.717) is 52.2 Å². The SMILES string of the molecule is C=C(C)C(CC=C(C)C)Cc1c2c(c(O)c3c1O[C@H](c1ccc(O)cc1)[C@H]3c1cc(O)cc(O)c1)C(=O)C[C@@H](c1ccc(O)cc1OC)O2. The minimum Gasteiger partial charge on any atom is -0.508 e. The lowest BCUT2D eigenvalue weighted by molar-refractivity contribution is 0.0838. The monoisotopic (exact) mass is 664 g/mol. The van der Waals surface area contributed by atoms with E-state index in [9.17, 15) is 30.3 Å². The second-order valence-electron chi connectivity index (χ2n) is 13.1. The highest BCUT2D eigenvalue weighted by atomic mass is 16.5. The number of hydrogen-bond donors (Lipinski definition) is 5. The summed E-state index contributed by atoms with van der Waals surface area (Å²) in [6.07, 6.45) is 1.46. The van der Waals surface area contributed by atoms with Crippen molar-refractivity contribution < 1.29 is 44.5 Å². The van der Waals surface area contributed by atoms with Crippen LogP contribution in [0.25, 0.3) is 0 Å². The minimum absolute atomic E-state index is 0.000520. The van der Waals surface area contributed by atoms with Crippen molar-refractivity contribution in [2.75, 3.05) is 7.11 Å². The number of phenols is 5. The number of allylic oxidation sites excluding steroid dienone is 3. The summed E-state index contributed by atoms with van der Waals surface area (Å²) in [7, 11) is 1.47. The second-order valence-corrected chi connectivity index (χ2v) is 13.1. The van der Waals surface area contributed by atoms with E-state index in [0.717, 1.165) is 11.1 Å². The zero-order valence-electron chi connectivity index (χ0n) is 27.9. The van der Waals surface area contributed by atoms with Crippen molar-refractivity contribution in [1.29, 1.82) is 0 Å². The van der Waals surface area contributed by atoms with Gasteiger partial charge in [0.2, 0.25) is 0 Å².